The van der Waals surface area contributed by atoms with Crippen LogP contribution in [0.2, 0.25) is 0 Å². The monoisotopic (exact) mass is 253 g/mol. The van der Waals surface area contributed by atoms with Crippen molar-refractivity contribution in [3.8, 4) is 0 Å². The summed E-state index contributed by atoms with van der Waals surface area (Å²) in [5.41, 5.74) is 0. The van der Waals surface area contributed by atoms with Gasteiger partial charge in [-0.25, -0.2) is 0 Å². The lowest BCUT2D eigenvalue weighted by Gasteiger charge is -2.39. The van der Waals surface area contributed by atoms with Gasteiger partial charge in [-0.1, -0.05) is 19.8 Å². The molecule has 0 heterocycles. The van der Waals surface area contributed by atoms with E-state index in [-0.39, 0.29) is 12.0 Å². The predicted molar refractivity (Wildman–Crippen MR) is 72.6 cm³/mol. The second kappa shape index (κ2) is 6.05. The number of carboxylic acid groups (broad SMARTS) is 1. The van der Waals surface area contributed by atoms with Crippen molar-refractivity contribution >= 4 is 5.97 Å². The fourth-order valence-corrected chi connectivity index (χ4v) is 3.95. The van der Waals surface area contributed by atoms with E-state index < -0.39 is 5.97 Å². The van der Waals surface area contributed by atoms with Crippen LogP contribution < -0.4 is 0 Å². The Labute approximate surface area is 111 Å². The van der Waals surface area contributed by atoms with E-state index in [0.717, 1.165) is 25.2 Å². The average Bonchev–Trinajstić information content (AvgIpc) is 2.87. The first-order valence-corrected chi connectivity index (χ1v) is 7.58. The summed E-state index contributed by atoms with van der Waals surface area (Å²) in [6, 6.07) is 0.906. The normalized spacial score (nSPS) is 37.1. The molecule has 2 aliphatic carbocycles. The van der Waals surface area contributed by atoms with Gasteiger partial charge in [-0.3, -0.25) is 9.69 Å². The van der Waals surface area contributed by atoms with Crippen LogP contribution in [0, 0.1) is 11.8 Å². The average molecular weight is 253 g/mol. The van der Waals surface area contributed by atoms with Crippen LogP contribution in [-0.2, 0) is 4.79 Å². The van der Waals surface area contributed by atoms with Gasteiger partial charge in [-0.15, -0.1) is 0 Å². The highest BCUT2D eigenvalue weighted by atomic mass is 16.4. The Hall–Kier alpha value is -0.570. The Morgan fingerprint density at radius 3 is 2.39 bits per heavy atom. The largest absolute Gasteiger partial charge is 0.481 e. The fourth-order valence-electron chi connectivity index (χ4n) is 3.95. The van der Waals surface area contributed by atoms with E-state index in [9.17, 15) is 9.90 Å². The lowest BCUT2D eigenvalue weighted by Crippen LogP contribution is -2.45. The predicted octanol–water partition coefficient (Wildman–Crippen LogP) is 3.14. The van der Waals surface area contributed by atoms with Crippen molar-refractivity contribution in [3.05, 3.63) is 0 Å². The van der Waals surface area contributed by atoms with Crippen molar-refractivity contribution in [2.75, 3.05) is 7.05 Å². The minimum absolute atomic E-state index is 0.126. The summed E-state index contributed by atoms with van der Waals surface area (Å²) in [6.45, 7) is 2.28. The minimum atomic E-state index is -0.591. The number of hydrogen-bond acceptors (Lipinski definition) is 2. The van der Waals surface area contributed by atoms with Crippen molar-refractivity contribution in [2.24, 2.45) is 11.8 Å². The first kappa shape index (κ1) is 13.9. The zero-order valence-electron chi connectivity index (χ0n) is 11.8. The first-order valence-electron chi connectivity index (χ1n) is 7.58. The number of hydrogen-bond donors (Lipinski definition) is 1. The van der Waals surface area contributed by atoms with E-state index >= 15 is 0 Å². The molecule has 3 nitrogen and oxygen atoms in total. The van der Waals surface area contributed by atoms with Gasteiger partial charge in [-0.05, 0) is 51.5 Å². The standard InChI is InChI=1S/C15H27NO2/c1-3-11-7-9-12(10-8-11)16(2)14-6-4-5-13(14)15(17)18/h11-14H,3-10H2,1-2H3,(H,17,18). The van der Waals surface area contributed by atoms with Gasteiger partial charge in [0, 0.05) is 12.1 Å². The van der Waals surface area contributed by atoms with Crippen molar-refractivity contribution in [1.82, 2.24) is 4.90 Å². The highest BCUT2D eigenvalue weighted by Crippen LogP contribution is 2.35. The molecule has 0 amide bonds. The SMILES string of the molecule is CCC1CCC(N(C)C2CCCC2C(=O)O)CC1. The van der Waals surface area contributed by atoms with Crippen LogP contribution in [0.4, 0.5) is 0 Å². The third kappa shape index (κ3) is 2.87. The van der Waals surface area contributed by atoms with Crippen molar-refractivity contribution in [3.63, 3.8) is 0 Å². The molecule has 18 heavy (non-hydrogen) atoms. The Kier molecular flexibility index (Phi) is 4.66. The molecule has 2 unspecified atom stereocenters. The summed E-state index contributed by atoms with van der Waals surface area (Å²) in [4.78, 5) is 13.7. The molecule has 0 aliphatic heterocycles. The van der Waals surface area contributed by atoms with Crippen LogP contribution in [0.1, 0.15) is 58.3 Å². The molecule has 0 aromatic heterocycles. The summed E-state index contributed by atoms with van der Waals surface area (Å²) >= 11 is 0. The summed E-state index contributed by atoms with van der Waals surface area (Å²) in [5.74, 6) is 0.194. The molecule has 2 aliphatic rings. The molecular weight excluding hydrogens is 226 g/mol. The molecule has 0 spiro atoms. The van der Waals surface area contributed by atoms with E-state index in [1.807, 2.05) is 0 Å². The van der Waals surface area contributed by atoms with Crippen LogP contribution in [0.15, 0.2) is 0 Å². The molecule has 1 N–H and O–H groups in total. The number of carbonyl (C=O) groups is 1. The third-order valence-electron chi connectivity index (χ3n) is 5.29. The highest BCUT2D eigenvalue weighted by Gasteiger charge is 2.38. The number of carboxylic acids is 1. The van der Waals surface area contributed by atoms with Gasteiger partial charge >= 0.3 is 5.97 Å². The molecule has 2 rings (SSSR count). The minimum Gasteiger partial charge on any atom is -0.481 e. The molecule has 0 aromatic rings. The summed E-state index contributed by atoms with van der Waals surface area (Å²) in [6.07, 6.45) is 9.51. The zero-order chi connectivity index (χ0) is 13.1. The maximum absolute atomic E-state index is 11.3. The summed E-state index contributed by atoms with van der Waals surface area (Å²) < 4.78 is 0. The van der Waals surface area contributed by atoms with Crippen molar-refractivity contribution in [1.29, 1.82) is 0 Å². The van der Waals surface area contributed by atoms with Gasteiger partial charge < -0.3 is 5.11 Å². The van der Waals surface area contributed by atoms with E-state index in [1.165, 1.54) is 32.1 Å². The van der Waals surface area contributed by atoms with Crippen LogP contribution in [-0.4, -0.2) is 35.1 Å². The Bertz CT molecular complexity index is 284. The van der Waals surface area contributed by atoms with Crippen LogP contribution in [0.5, 0.6) is 0 Å². The molecule has 2 atom stereocenters. The Morgan fingerprint density at radius 2 is 1.83 bits per heavy atom. The van der Waals surface area contributed by atoms with Crippen LogP contribution in [0.3, 0.4) is 0 Å². The van der Waals surface area contributed by atoms with E-state index in [0.29, 0.717) is 6.04 Å². The van der Waals surface area contributed by atoms with Crippen LogP contribution in [0.25, 0.3) is 0 Å². The van der Waals surface area contributed by atoms with Gasteiger partial charge in [0.15, 0.2) is 0 Å². The van der Waals surface area contributed by atoms with Gasteiger partial charge in [-0.2, -0.15) is 0 Å². The molecule has 0 aromatic carbocycles. The number of rotatable bonds is 4. The molecule has 0 saturated heterocycles. The van der Waals surface area contributed by atoms with Crippen molar-refractivity contribution < 1.29 is 9.90 Å². The number of aliphatic carboxylic acids is 1. The smallest absolute Gasteiger partial charge is 0.308 e. The second-order valence-electron chi connectivity index (χ2n) is 6.19. The second-order valence-corrected chi connectivity index (χ2v) is 6.19. The summed E-state index contributed by atoms with van der Waals surface area (Å²) in [5, 5.41) is 9.28. The molecule has 0 radical (unpaired) electrons. The first-order chi connectivity index (χ1) is 8.63. The maximum atomic E-state index is 11.3. The Balaban J connectivity index is 1.91. The van der Waals surface area contributed by atoms with Crippen molar-refractivity contribution in [2.45, 2.75) is 70.4 Å². The quantitative estimate of drug-likeness (QED) is 0.836. The van der Waals surface area contributed by atoms with Gasteiger partial charge in [0.25, 0.3) is 0 Å². The van der Waals surface area contributed by atoms with Gasteiger partial charge in [0.1, 0.15) is 0 Å². The molecule has 2 saturated carbocycles. The van der Waals surface area contributed by atoms with Crippen LogP contribution >= 0.6 is 0 Å². The molecule has 3 heteroatoms. The molecular formula is C15H27NO2. The summed E-state index contributed by atoms with van der Waals surface area (Å²) in [7, 11) is 2.16. The molecule has 2 fully saturated rings. The van der Waals surface area contributed by atoms with E-state index in [4.69, 9.17) is 0 Å². The van der Waals surface area contributed by atoms with Gasteiger partial charge in [0.05, 0.1) is 5.92 Å². The topological polar surface area (TPSA) is 40.5 Å². The molecule has 104 valence electrons. The fraction of sp³-hybridized carbons (Fsp3) is 0.933. The highest BCUT2D eigenvalue weighted by molar-refractivity contribution is 5.71. The molecule has 0 bridgehead atoms. The van der Waals surface area contributed by atoms with E-state index in [1.54, 1.807) is 0 Å². The zero-order valence-corrected chi connectivity index (χ0v) is 11.8. The third-order valence-corrected chi connectivity index (χ3v) is 5.29. The lowest BCUT2D eigenvalue weighted by atomic mass is 9.83. The Morgan fingerprint density at radius 1 is 1.17 bits per heavy atom. The maximum Gasteiger partial charge on any atom is 0.308 e. The number of nitrogens with zero attached hydrogens (tertiary/aromatic N) is 1. The lowest BCUT2D eigenvalue weighted by molar-refractivity contribution is -0.143. The van der Waals surface area contributed by atoms with Gasteiger partial charge in [0.2, 0.25) is 0 Å². The van der Waals surface area contributed by atoms with E-state index in [2.05, 4.69) is 18.9 Å².